The normalized spacial score (nSPS) is 18.6. The molecule has 88 heavy (non-hydrogen) atoms. The fourth-order valence-corrected chi connectivity index (χ4v) is 12.9. The van der Waals surface area contributed by atoms with Crippen LogP contribution in [0.4, 0.5) is 0 Å². The number of hydrogen-bond acceptors (Lipinski definition) is 18. The van der Waals surface area contributed by atoms with E-state index in [9.17, 15) is 66.6 Å². The van der Waals surface area contributed by atoms with Crippen LogP contribution in [0.2, 0.25) is 0 Å². The maximum atomic E-state index is 13.5. The highest BCUT2D eigenvalue weighted by molar-refractivity contribution is 7.81. The quantitative estimate of drug-likeness (QED) is 0.0243. The molecule has 0 bridgehead atoms. The summed E-state index contributed by atoms with van der Waals surface area (Å²) < 4.78 is 178. The van der Waals surface area contributed by atoms with E-state index in [1.807, 2.05) is 0 Å². The zero-order chi connectivity index (χ0) is 65.6. The Labute approximate surface area is 530 Å². The summed E-state index contributed by atoms with van der Waals surface area (Å²) in [5.41, 5.74) is -1.24. The zero-order valence-corrected chi connectivity index (χ0v) is 57.1. The van der Waals surface area contributed by atoms with Crippen molar-refractivity contribution in [3.63, 3.8) is 0 Å². The van der Waals surface area contributed by atoms with Gasteiger partial charge >= 0.3 is 47.6 Å². The molecule has 28 heteroatoms. The van der Waals surface area contributed by atoms with Gasteiger partial charge in [0.05, 0.1) is 32.5 Å². The first kappa shape index (κ1) is 84.3. The van der Waals surface area contributed by atoms with Gasteiger partial charge in [-0.05, 0) is 12.8 Å². The molecule has 24 nitrogen and oxygen atoms in total. The monoisotopic (exact) mass is 1350 g/mol. The highest BCUT2D eigenvalue weighted by Crippen LogP contribution is 2.39. The predicted molar refractivity (Wildman–Crippen MR) is 336 cm³/mol. The van der Waals surface area contributed by atoms with Gasteiger partial charge in [-0.2, -0.15) is 33.7 Å². The summed E-state index contributed by atoms with van der Waals surface area (Å²) in [6.07, 6.45) is 36.6. The molecule has 1 heterocycles. The SMILES string of the molecule is CCCCCCCCCCCCCCCCCCCCCCOCC(C)(COCCCCCCCCCCCCCCCCCCCCCC)CO[C@]1(C(=O)O)C[C@H](OS(=O)(=O)O)[C@@H](NC(C)=O)[C@H](C(OS(=O)(=O)O)[C@@H](COS(=O)(=O)O)OS(=O)(=O)O)O1. The van der Waals surface area contributed by atoms with Crippen LogP contribution >= 0.6 is 0 Å². The van der Waals surface area contributed by atoms with E-state index in [1.54, 1.807) is 6.92 Å². The Balaban J connectivity index is 3.10. The van der Waals surface area contributed by atoms with E-state index in [0.29, 0.717) is 26.1 Å². The van der Waals surface area contributed by atoms with Crippen molar-refractivity contribution >= 4 is 53.5 Å². The Morgan fingerprint density at radius 3 is 1.11 bits per heavy atom. The molecular weight excluding hydrogens is 1230 g/mol. The maximum Gasteiger partial charge on any atom is 0.397 e. The number of hydrogen-bond donors (Lipinski definition) is 6. The summed E-state index contributed by atoms with van der Waals surface area (Å²) in [6, 6.07) is -2.26. The van der Waals surface area contributed by atoms with Crippen LogP contribution in [0, 0.1) is 5.41 Å². The molecule has 0 aromatic heterocycles. The number of nitrogens with one attached hydrogen (secondary N) is 1. The molecule has 1 unspecified atom stereocenters. The van der Waals surface area contributed by atoms with Crippen molar-refractivity contribution in [2.75, 3.05) is 39.6 Å². The van der Waals surface area contributed by atoms with Gasteiger partial charge in [-0.3, -0.25) is 23.0 Å². The van der Waals surface area contributed by atoms with Crippen molar-refractivity contribution in [2.24, 2.45) is 5.41 Å². The van der Waals surface area contributed by atoms with Gasteiger partial charge in [0.15, 0.2) is 0 Å². The number of ether oxygens (including phenoxy) is 4. The third kappa shape index (κ3) is 46.3. The van der Waals surface area contributed by atoms with E-state index in [0.717, 1.165) is 58.3 Å². The number of aliphatic carboxylic acids is 1. The first-order valence-electron chi connectivity index (χ1n) is 33.2. The number of rotatable bonds is 62. The molecule has 1 aliphatic heterocycles. The lowest BCUT2D eigenvalue weighted by molar-refractivity contribution is -0.314. The molecule has 1 rings (SSSR count). The largest absolute Gasteiger partial charge is 0.477 e. The van der Waals surface area contributed by atoms with Crippen LogP contribution in [0.1, 0.15) is 291 Å². The standard InChI is InChI=1S/C60H117NO23S4/c1-5-7-9-11-13-15-17-19-21-23-25-27-29-31-33-35-37-39-41-43-45-77-49-59(4,50-78-46-44-42-40-38-36-34-32-30-28-26-24-22-20-18-16-14-12-10-8-6-2)51-79-60(58(63)64)47-53(82-86(68,69)70)55(61-52(3)62)57(81-60)56(84-88(74,75)76)54(83-87(71,72)73)48-80-85(65,66)67/h53-57H,5-51H2,1-4H3,(H,61,62)(H,63,64)(H,65,66,67)(H,68,69,70)(H,71,72,73)(H,74,75,76)/t53-,54+,55+,56?,57+,60+/m0/s1. The van der Waals surface area contributed by atoms with Crippen molar-refractivity contribution in [1.29, 1.82) is 0 Å². The van der Waals surface area contributed by atoms with E-state index in [2.05, 4.69) is 31.7 Å². The highest BCUT2D eigenvalue weighted by atomic mass is 32.3. The van der Waals surface area contributed by atoms with Crippen molar-refractivity contribution in [3.05, 3.63) is 0 Å². The summed E-state index contributed by atoms with van der Waals surface area (Å²) >= 11 is 0. The van der Waals surface area contributed by atoms with Crippen LogP contribution in [0.3, 0.4) is 0 Å². The van der Waals surface area contributed by atoms with E-state index in [1.165, 1.54) is 193 Å². The van der Waals surface area contributed by atoms with Gasteiger partial charge in [-0.1, -0.05) is 265 Å². The van der Waals surface area contributed by atoms with Crippen LogP contribution in [-0.2, 0) is 86.9 Å². The van der Waals surface area contributed by atoms with Crippen molar-refractivity contribution < 1.29 is 102 Å². The molecule has 6 atom stereocenters. The van der Waals surface area contributed by atoms with Crippen LogP contribution < -0.4 is 5.32 Å². The Morgan fingerprint density at radius 1 is 0.500 bits per heavy atom. The van der Waals surface area contributed by atoms with Gasteiger partial charge in [0.2, 0.25) is 5.91 Å². The van der Waals surface area contributed by atoms with Gasteiger partial charge in [-0.25, -0.2) is 21.5 Å². The van der Waals surface area contributed by atoms with Gasteiger partial charge in [0, 0.05) is 32.0 Å². The van der Waals surface area contributed by atoms with Gasteiger partial charge < -0.3 is 29.4 Å². The van der Waals surface area contributed by atoms with Crippen molar-refractivity contribution in [2.45, 2.75) is 327 Å². The minimum absolute atomic E-state index is 0.101. The molecule has 1 saturated heterocycles. The highest BCUT2D eigenvalue weighted by Gasteiger charge is 2.60. The molecule has 6 N–H and O–H groups in total. The molecule has 0 saturated carbocycles. The summed E-state index contributed by atoms with van der Waals surface area (Å²) in [6.45, 7) is 4.87. The second kappa shape index (κ2) is 48.9. The van der Waals surface area contributed by atoms with Crippen LogP contribution in [0.25, 0.3) is 0 Å². The smallest absolute Gasteiger partial charge is 0.397 e. The molecule has 0 spiro atoms. The molecule has 0 aromatic carbocycles. The molecule has 0 aliphatic carbocycles. The predicted octanol–water partition coefficient (Wildman–Crippen LogP) is 13.1. The van der Waals surface area contributed by atoms with Gasteiger partial charge in [-0.15, -0.1) is 0 Å². The van der Waals surface area contributed by atoms with Crippen molar-refractivity contribution in [1.82, 2.24) is 5.32 Å². The van der Waals surface area contributed by atoms with E-state index in [4.69, 9.17) is 23.1 Å². The molecule has 1 amide bonds. The number of unbranched alkanes of at least 4 members (excludes halogenated alkanes) is 38. The fourth-order valence-electron chi connectivity index (χ4n) is 11.1. The third-order valence-corrected chi connectivity index (χ3v) is 17.8. The summed E-state index contributed by atoms with van der Waals surface area (Å²) in [7, 11) is -23.0. The van der Waals surface area contributed by atoms with E-state index in [-0.39, 0.29) is 13.2 Å². The average molecular weight is 1350 g/mol. The van der Waals surface area contributed by atoms with Gasteiger partial charge in [0.25, 0.3) is 5.79 Å². The number of amides is 1. The maximum absolute atomic E-state index is 13.5. The molecule has 1 fully saturated rings. The third-order valence-electron chi connectivity index (χ3n) is 15.9. The minimum atomic E-state index is -5.94. The van der Waals surface area contributed by atoms with Crippen LogP contribution in [0.5, 0.6) is 0 Å². The lowest BCUT2D eigenvalue weighted by Gasteiger charge is -2.48. The summed E-state index contributed by atoms with van der Waals surface area (Å²) in [5.74, 6) is -6.45. The number of carboxylic acid groups (broad SMARTS) is 1. The first-order chi connectivity index (χ1) is 41.6. The molecule has 524 valence electrons. The lowest BCUT2D eigenvalue weighted by atomic mass is 9.88. The molecule has 0 aromatic rings. The molecule has 1 aliphatic rings. The van der Waals surface area contributed by atoms with Crippen LogP contribution in [-0.4, -0.2) is 145 Å². The second-order valence-electron chi connectivity index (χ2n) is 24.5. The lowest BCUT2D eigenvalue weighted by Crippen LogP contribution is -2.69. The Bertz CT molecular complexity index is 2200. The second-order valence-corrected chi connectivity index (χ2v) is 28.8. The number of carbonyl (C=O) groups excluding carboxylic acids is 1. The minimum Gasteiger partial charge on any atom is -0.477 e. The average Bonchev–Trinajstić information content (AvgIpc) is 0.771. The molecular formula is C60H117NO23S4. The Morgan fingerprint density at radius 2 is 0.830 bits per heavy atom. The topological polar surface area (TPSA) is 358 Å². The summed E-state index contributed by atoms with van der Waals surface area (Å²) in [5, 5.41) is 13.0. The van der Waals surface area contributed by atoms with Crippen LogP contribution in [0.15, 0.2) is 0 Å². The first-order valence-corrected chi connectivity index (χ1v) is 38.7. The summed E-state index contributed by atoms with van der Waals surface area (Å²) in [4.78, 5) is 26.1. The Kier molecular flexibility index (Phi) is 46.8. The number of carbonyl (C=O) groups is 2. The fraction of sp³-hybridized carbons (Fsp3) is 0.967. The van der Waals surface area contributed by atoms with Gasteiger partial charge in [0.1, 0.15) is 24.4 Å². The van der Waals surface area contributed by atoms with Crippen molar-refractivity contribution in [3.8, 4) is 0 Å². The number of carboxylic acids is 1. The molecule has 0 radical (unpaired) electrons. The zero-order valence-electron chi connectivity index (χ0n) is 53.8. The van der Waals surface area contributed by atoms with E-state index < -0.39 is 115 Å². The Hall–Kier alpha value is -1.74. The van der Waals surface area contributed by atoms with E-state index >= 15 is 0 Å².